The largest absolute Gasteiger partial charge is 0.312 e. The van der Waals surface area contributed by atoms with Gasteiger partial charge in [-0.25, -0.2) is 4.98 Å². The van der Waals surface area contributed by atoms with Crippen molar-refractivity contribution in [2.24, 2.45) is 0 Å². The summed E-state index contributed by atoms with van der Waals surface area (Å²) in [6.45, 7) is 9.46. The average molecular weight is 266 g/mol. The van der Waals surface area contributed by atoms with E-state index in [2.05, 4.69) is 32.4 Å². The van der Waals surface area contributed by atoms with Gasteiger partial charge in [-0.1, -0.05) is 6.92 Å². The van der Waals surface area contributed by atoms with Crippen LogP contribution < -0.4 is 5.32 Å². The van der Waals surface area contributed by atoms with Crippen LogP contribution in [0.2, 0.25) is 0 Å². The summed E-state index contributed by atoms with van der Waals surface area (Å²) in [7, 11) is 0. The fraction of sp³-hybridized carbons (Fsp3) is 0.769. The first-order valence-electron chi connectivity index (χ1n) is 6.95. The second kappa shape index (κ2) is 5.65. The van der Waals surface area contributed by atoms with E-state index in [1.54, 1.807) is 11.3 Å². The van der Waals surface area contributed by atoms with Crippen LogP contribution >= 0.6 is 11.3 Å². The van der Waals surface area contributed by atoms with Crippen molar-refractivity contribution in [1.29, 1.82) is 0 Å². The van der Waals surface area contributed by atoms with Gasteiger partial charge in [0.1, 0.15) is 0 Å². The van der Waals surface area contributed by atoms with Gasteiger partial charge in [-0.3, -0.25) is 9.80 Å². The summed E-state index contributed by atoms with van der Waals surface area (Å²) in [5, 5.41) is 7.01. The predicted octanol–water partition coefficient (Wildman–Crippen LogP) is 0.663. The lowest BCUT2D eigenvalue weighted by Crippen LogP contribution is -2.66. The van der Waals surface area contributed by atoms with Gasteiger partial charge in [-0.2, -0.15) is 0 Å². The number of hydrogen-bond donors (Lipinski definition) is 1. The summed E-state index contributed by atoms with van der Waals surface area (Å²) in [5.41, 5.74) is 0. The van der Waals surface area contributed by atoms with Crippen molar-refractivity contribution in [2.45, 2.75) is 25.4 Å². The van der Waals surface area contributed by atoms with Gasteiger partial charge in [-0.05, 0) is 6.54 Å². The fourth-order valence-electron chi connectivity index (χ4n) is 3.19. The van der Waals surface area contributed by atoms with Gasteiger partial charge < -0.3 is 5.32 Å². The molecule has 2 atom stereocenters. The van der Waals surface area contributed by atoms with Crippen molar-refractivity contribution >= 4 is 11.3 Å². The topological polar surface area (TPSA) is 31.4 Å². The minimum Gasteiger partial charge on any atom is -0.312 e. The van der Waals surface area contributed by atoms with Crippen molar-refractivity contribution < 1.29 is 0 Å². The average Bonchev–Trinajstić information content (AvgIpc) is 2.92. The maximum atomic E-state index is 4.44. The molecule has 0 amide bonds. The highest BCUT2D eigenvalue weighted by molar-refractivity contribution is 7.09. The first kappa shape index (κ1) is 12.5. The number of piperazine rings is 3. The molecule has 3 aliphatic rings. The van der Waals surface area contributed by atoms with Crippen LogP contribution in [0.4, 0.5) is 0 Å². The van der Waals surface area contributed by atoms with E-state index in [1.807, 2.05) is 6.20 Å². The Hall–Kier alpha value is -0.490. The molecule has 4 rings (SSSR count). The molecule has 1 aromatic heterocycles. The number of fused-ring (bicyclic) bond motifs is 3. The summed E-state index contributed by atoms with van der Waals surface area (Å²) in [5.74, 6) is 0. The van der Waals surface area contributed by atoms with E-state index < -0.39 is 0 Å². The summed E-state index contributed by atoms with van der Waals surface area (Å²) in [6.07, 6.45) is 2.99. The van der Waals surface area contributed by atoms with E-state index in [1.165, 1.54) is 37.7 Å². The van der Waals surface area contributed by atoms with Crippen molar-refractivity contribution in [3.05, 3.63) is 16.6 Å². The zero-order chi connectivity index (χ0) is 12.4. The number of nitrogens with one attached hydrogen (secondary N) is 1. The van der Waals surface area contributed by atoms with E-state index >= 15 is 0 Å². The van der Waals surface area contributed by atoms with E-state index in [0.717, 1.165) is 13.0 Å². The normalized spacial score (nSPS) is 32.6. The second-order valence-corrected chi connectivity index (χ2v) is 6.18. The standard InChI is InChI=1S/C13H22N4S/c1-2-14-11(9-13-15-3-8-18-13)12-10-16-4-6-17(12)7-5-16/h3,8,11-12,14H,2,4-7,9-10H2,1H3. The third-order valence-electron chi connectivity index (χ3n) is 4.13. The first-order valence-corrected chi connectivity index (χ1v) is 7.83. The maximum absolute atomic E-state index is 4.44. The third-order valence-corrected chi connectivity index (χ3v) is 4.93. The van der Waals surface area contributed by atoms with Crippen LogP contribution in [0.1, 0.15) is 11.9 Å². The molecule has 3 fully saturated rings. The van der Waals surface area contributed by atoms with Gasteiger partial charge >= 0.3 is 0 Å². The Bertz CT molecular complexity index is 359. The summed E-state index contributed by atoms with van der Waals surface area (Å²) in [4.78, 5) is 9.72. The maximum Gasteiger partial charge on any atom is 0.0940 e. The molecule has 0 aliphatic carbocycles. The van der Waals surface area contributed by atoms with Crippen LogP contribution in [-0.4, -0.2) is 66.1 Å². The number of aromatic nitrogens is 1. The minimum atomic E-state index is 0.546. The van der Waals surface area contributed by atoms with Crippen LogP contribution in [0.15, 0.2) is 11.6 Å². The molecule has 0 aromatic carbocycles. The Balaban J connectivity index is 1.69. The first-order chi connectivity index (χ1) is 8.86. The molecule has 0 saturated carbocycles. The molecule has 1 N–H and O–H groups in total. The SMILES string of the molecule is CCNC(Cc1nccs1)C1CN2CCN1CC2. The second-order valence-electron chi connectivity index (χ2n) is 5.20. The van der Waals surface area contributed by atoms with Crippen LogP contribution in [0.3, 0.4) is 0 Å². The molecule has 4 heterocycles. The highest BCUT2D eigenvalue weighted by atomic mass is 32.1. The van der Waals surface area contributed by atoms with Gasteiger partial charge in [0.15, 0.2) is 0 Å². The van der Waals surface area contributed by atoms with Crippen molar-refractivity contribution in [2.75, 3.05) is 39.3 Å². The molecular formula is C13H22N4S. The number of likely N-dealkylation sites (N-methyl/N-ethyl adjacent to an activating group) is 1. The molecule has 5 heteroatoms. The van der Waals surface area contributed by atoms with Crippen LogP contribution in [0.25, 0.3) is 0 Å². The molecule has 100 valence electrons. The fourth-order valence-corrected chi connectivity index (χ4v) is 3.86. The molecule has 0 radical (unpaired) electrons. The zero-order valence-electron chi connectivity index (χ0n) is 11.0. The molecule has 4 nitrogen and oxygen atoms in total. The summed E-state index contributed by atoms with van der Waals surface area (Å²) >= 11 is 1.78. The summed E-state index contributed by atoms with van der Waals surface area (Å²) < 4.78 is 0. The predicted molar refractivity (Wildman–Crippen MR) is 75.1 cm³/mol. The van der Waals surface area contributed by atoms with Gasteiger partial charge in [-0.15, -0.1) is 11.3 Å². The molecular weight excluding hydrogens is 244 g/mol. The molecule has 3 aliphatic heterocycles. The minimum absolute atomic E-state index is 0.546. The lowest BCUT2D eigenvalue weighted by atomic mass is 9.97. The molecule has 2 unspecified atom stereocenters. The molecule has 1 aromatic rings. The zero-order valence-corrected chi connectivity index (χ0v) is 11.8. The smallest absolute Gasteiger partial charge is 0.0940 e. The number of nitrogens with zero attached hydrogens (tertiary/aromatic N) is 3. The summed E-state index contributed by atoms with van der Waals surface area (Å²) in [6, 6.07) is 1.21. The lowest BCUT2D eigenvalue weighted by Gasteiger charge is -2.50. The van der Waals surface area contributed by atoms with E-state index in [9.17, 15) is 0 Å². The Labute approximate surface area is 113 Å². The van der Waals surface area contributed by atoms with Gasteiger partial charge in [0.25, 0.3) is 0 Å². The van der Waals surface area contributed by atoms with Crippen molar-refractivity contribution in [3.63, 3.8) is 0 Å². The monoisotopic (exact) mass is 266 g/mol. The van der Waals surface area contributed by atoms with Crippen molar-refractivity contribution in [1.82, 2.24) is 20.1 Å². The Kier molecular flexibility index (Phi) is 3.94. The van der Waals surface area contributed by atoms with E-state index in [4.69, 9.17) is 0 Å². The third kappa shape index (κ3) is 2.59. The molecule has 18 heavy (non-hydrogen) atoms. The van der Waals surface area contributed by atoms with Crippen LogP contribution in [0, 0.1) is 0 Å². The molecule has 0 spiro atoms. The quantitative estimate of drug-likeness (QED) is 0.848. The highest BCUT2D eigenvalue weighted by Crippen LogP contribution is 2.21. The van der Waals surface area contributed by atoms with Gasteiger partial charge in [0, 0.05) is 62.8 Å². The van der Waals surface area contributed by atoms with Gasteiger partial charge in [0.2, 0.25) is 0 Å². The highest BCUT2D eigenvalue weighted by Gasteiger charge is 2.36. The van der Waals surface area contributed by atoms with Crippen LogP contribution in [-0.2, 0) is 6.42 Å². The van der Waals surface area contributed by atoms with Crippen molar-refractivity contribution in [3.8, 4) is 0 Å². The lowest BCUT2D eigenvalue weighted by molar-refractivity contribution is -0.00289. The number of rotatable bonds is 5. The molecule has 2 bridgehead atoms. The van der Waals surface area contributed by atoms with Crippen LogP contribution in [0.5, 0.6) is 0 Å². The number of thiazole rings is 1. The van der Waals surface area contributed by atoms with E-state index in [0.29, 0.717) is 12.1 Å². The van der Waals surface area contributed by atoms with Gasteiger partial charge in [0.05, 0.1) is 5.01 Å². The molecule has 3 saturated heterocycles. The Morgan fingerprint density at radius 3 is 2.83 bits per heavy atom. The Morgan fingerprint density at radius 1 is 1.44 bits per heavy atom. The Morgan fingerprint density at radius 2 is 2.28 bits per heavy atom. The number of hydrogen-bond acceptors (Lipinski definition) is 5. The van der Waals surface area contributed by atoms with E-state index in [-0.39, 0.29) is 0 Å².